The Balaban J connectivity index is -0.000000180. The molecule has 0 aliphatic carbocycles. The molecule has 0 unspecified atom stereocenters. The molecule has 0 aliphatic heterocycles. The number of carboxylic acids is 4. The van der Waals surface area contributed by atoms with Crippen LogP contribution in [0.15, 0.2) is 0 Å². The van der Waals surface area contributed by atoms with Crippen LogP contribution < -0.4 is 65.3 Å². The van der Waals surface area contributed by atoms with Crippen molar-refractivity contribution in [2.75, 3.05) is 39.3 Å². The fraction of sp³-hybridized carbons (Fsp3) is 0.600. The van der Waals surface area contributed by atoms with E-state index in [4.69, 9.17) is 20.4 Å². The third-order valence-electron chi connectivity index (χ3n) is 2.17. The summed E-state index contributed by atoms with van der Waals surface area (Å²) in [4.78, 5) is 44.4. The molecule has 0 aromatic rings. The molecule has 11 nitrogen and oxygen atoms in total. The molecule has 126 valence electrons. The maximum absolute atomic E-state index is 10.6. The molecule has 0 aromatic heterocycles. The van der Waals surface area contributed by atoms with E-state index in [0.717, 1.165) is 9.80 Å². The van der Waals surface area contributed by atoms with Crippen molar-refractivity contribution in [2.45, 2.75) is 0 Å². The van der Waals surface area contributed by atoms with E-state index < -0.39 is 50.1 Å². The van der Waals surface area contributed by atoms with Crippen LogP contribution in [0.3, 0.4) is 0 Å². The maximum atomic E-state index is 10.6. The van der Waals surface area contributed by atoms with Crippen LogP contribution in [0.25, 0.3) is 0 Å². The second kappa shape index (κ2) is 16.6. The second-order valence-corrected chi connectivity index (χ2v) is 4.00. The number of carboxylic acid groups (broad SMARTS) is 4. The summed E-state index contributed by atoms with van der Waals surface area (Å²) in [6.45, 7) is -2.25. The summed E-state index contributed by atoms with van der Waals surface area (Å²) in [6.07, 6.45) is 0. The first-order chi connectivity index (χ1) is 9.20. The maximum Gasteiger partial charge on any atom is 1.00 e. The van der Waals surface area contributed by atoms with Gasteiger partial charge in [0.2, 0.25) is 0 Å². The van der Waals surface area contributed by atoms with Gasteiger partial charge in [-0.15, -0.1) is 0 Å². The van der Waals surface area contributed by atoms with Crippen molar-refractivity contribution in [3.8, 4) is 0 Å². The van der Waals surface area contributed by atoms with E-state index in [2.05, 4.69) is 0 Å². The molecule has 0 heterocycles. The molecule has 7 N–H and O–H groups in total. The Hall–Kier alpha value is -0.240. The van der Waals surface area contributed by atoms with E-state index in [1.807, 2.05) is 0 Å². The Labute approximate surface area is 179 Å². The first kappa shape index (κ1) is 30.6. The third kappa shape index (κ3) is 19.7. The number of hydrogen-bond donors (Lipinski definition) is 5. The fourth-order valence-electron chi connectivity index (χ4n) is 1.48. The van der Waals surface area contributed by atoms with Crippen LogP contribution in [0.1, 0.15) is 2.85 Å². The van der Waals surface area contributed by atoms with Crippen LogP contribution in [0.2, 0.25) is 0 Å². The predicted molar refractivity (Wildman–Crippen MR) is 70.7 cm³/mol. The van der Waals surface area contributed by atoms with Crippen LogP contribution in [0.5, 0.6) is 0 Å². The van der Waals surface area contributed by atoms with Gasteiger partial charge in [0.05, 0.1) is 26.2 Å². The van der Waals surface area contributed by atoms with Crippen molar-refractivity contribution in [1.82, 2.24) is 16.0 Å². The van der Waals surface area contributed by atoms with Crippen molar-refractivity contribution in [3.05, 3.63) is 0 Å². The van der Waals surface area contributed by atoms with Crippen LogP contribution in [-0.2, 0) is 19.2 Å². The average Bonchev–Trinajstić information content (AvgIpc) is 2.22. The number of nitrogens with zero attached hydrogens (tertiary/aromatic N) is 2. The summed E-state index contributed by atoms with van der Waals surface area (Å²) in [7, 11) is 0. The first-order valence-electron chi connectivity index (χ1n) is 5.52. The summed E-state index contributed by atoms with van der Waals surface area (Å²) in [6, 6.07) is 0. The summed E-state index contributed by atoms with van der Waals surface area (Å²) < 4.78 is 0. The van der Waals surface area contributed by atoms with E-state index in [-0.39, 0.29) is 81.2 Å². The number of rotatable bonds is 11. The molecule has 0 fully saturated rings. The number of aliphatic carboxylic acids is 4. The van der Waals surface area contributed by atoms with E-state index in [0.29, 0.717) is 0 Å². The van der Waals surface area contributed by atoms with Gasteiger partial charge in [-0.25, -0.2) is 0 Å². The second-order valence-electron chi connectivity index (χ2n) is 4.00. The summed E-state index contributed by atoms with van der Waals surface area (Å²) in [5.74, 6) is -4.91. The van der Waals surface area contributed by atoms with Gasteiger partial charge in [0.15, 0.2) is 0 Å². The number of hydrogen-bond acceptors (Lipinski definition) is 7. The molecule has 13 heteroatoms. The van der Waals surface area contributed by atoms with E-state index in [1.54, 1.807) is 0 Å². The molecule has 0 amide bonds. The minimum atomic E-state index is -1.23. The van der Waals surface area contributed by atoms with Gasteiger partial charge in [-0.05, 0) is 0 Å². The third-order valence-corrected chi connectivity index (χ3v) is 2.17. The molecular formula is C10H21N3Na2O8. The zero-order chi connectivity index (χ0) is 15.7. The molecule has 0 atom stereocenters. The quantitative estimate of drug-likeness (QED) is 0.221. The molecule has 0 radical (unpaired) electrons. The SMILES string of the molecule is N.O=C(O)CN(CCN(CC(=O)O)CC(=O)O)CC(=O)O.[H-].[H-].[Na+].[Na+]. The molecule has 0 saturated carbocycles. The molecule has 0 aliphatic rings. The minimum absolute atomic E-state index is 0. The zero-order valence-electron chi connectivity index (χ0n) is 15.3. The molecule has 0 spiro atoms. The normalized spacial score (nSPS) is 9.30. The van der Waals surface area contributed by atoms with Crippen LogP contribution in [-0.4, -0.2) is 93.4 Å². The van der Waals surface area contributed by atoms with Crippen molar-refractivity contribution >= 4 is 23.9 Å². The molecule has 0 aromatic carbocycles. The van der Waals surface area contributed by atoms with Gasteiger partial charge in [0.1, 0.15) is 0 Å². The molecule has 0 bridgehead atoms. The van der Waals surface area contributed by atoms with Crippen molar-refractivity contribution < 1.29 is 102 Å². The van der Waals surface area contributed by atoms with Crippen LogP contribution >= 0.6 is 0 Å². The summed E-state index contributed by atoms with van der Waals surface area (Å²) >= 11 is 0. The topological polar surface area (TPSA) is 191 Å². The fourth-order valence-corrected chi connectivity index (χ4v) is 1.48. The van der Waals surface area contributed by atoms with E-state index in [1.165, 1.54) is 0 Å². The zero-order valence-corrected chi connectivity index (χ0v) is 17.3. The van der Waals surface area contributed by atoms with Crippen molar-refractivity contribution in [3.63, 3.8) is 0 Å². The van der Waals surface area contributed by atoms with Crippen molar-refractivity contribution in [2.24, 2.45) is 0 Å². The first-order valence-corrected chi connectivity index (χ1v) is 5.52. The monoisotopic (exact) mass is 357 g/mol. The molecular weight excluding hydrogens is 336 g/mol. The van der Waals surface area contributed by atoms with Gasteiger partial charge in [0.25, 0.3) is 0 Å². The Bertz CT molecular complexity index is 338. The van der Waals surface area contributed by atoms with E-state index in [9.17, 15) is 19.2 Å². The van der Waals surface area contributed by atoms with Crippen LogP contribution in [0, 0.1) is 0 Å². The molecule has 0 saturated heterocycles. The number of carbonyl (C=O) groups is 4. The predicted octanol–water partition coefficient (Wildman–Crippen LogP) is -7.68. The Morgan fingerprint density at radius 1 is 0.609 bits per heavy atom. The standard InChI is InChI=1S/C10H16N2O8.H3N.2Na.2H/c13-7(14)3-11(4-8(15)16)1-2-12(5-9(17)18)6-10(19)20;;;;;/h1-6H2,(H,13,14)(H,15,16)(H,17,18)(H,19,20);1H3;;;;/q;;2*+1;2*-1. The average molecular weight is 357 g/mol. The van der Waals surface area contributed by atoms with Crippen molar-refractivity contribution in [1.29, 1.82) is 0 Å². The summed E-state index contributed by atoms with van der Waals surface area (Å²) in [5.41, 5.74) is 0. The van der Waals surface area contributed by atoms with Gasteiger partial charge in [0, 0.05) is 13.1 Å². The van der Waals surface area contributed by atoms with Crippen LogP contribution in [0.4, 0.5) is 0 Å². The van der Waals surface area contributed by atoms with Gasteiger partial charge >= 0.3 is 83.0 Å². The molecule has 23 heavy (non-hydrogen) atoms. The van der Waals surface area contributed by atoms with Gasteiger partial charge < -0.3 is 29.4 Å². The smallest absolute Gasteiger partial charge is 1.00 e. The van der Waals surface area contributed by atoms with Gasteiger partial charge in [-0.3, -0.25) is 29.0 Å². The van der Waals surface area contributed by atoms with E-state index >= 15 is 0 Å². The minimum Gasteiger partial charge on any atom is -1.00 e. The Kier molecular flexibility index (Phi) is 22.1. The summed E-state index contributed by atoms with van der Waals surface area (Å²) in [5, 5.41) is 34.5. The molecule has 0 rings (SSSR count). The largest absolute Gasteiger partial charge is 1.00 e. The Morgan fingerprint density at radius 3 is 0.913 bits per heavy atom. The van der Waals surface area contributed by atoms with Gasteiger partial charge in [-0.1, -0.05) is 0 Å². The van der Waals surface area contributed by atoms with Gasteiger partial charge in [-0.2, -0.15) is 0 Å². The Morgan fingerprint density at radius 2 is 0.783 bits per heavy atom.